The molecule has 2 heteroatoms. The molecule has 3 rings (SSSR count). The maximum absolute atomic E-state index is 4.68. The molecule has 1 aliphatic carbocycles. The second-order valence-electron chi connectivity index (χ2n) is 6.28. The lowest BCUT2D eigenvalue weighted by Gasteiger charge is -2.19. The fourth-order valence-electron chi connectivity index (χ4n) is 2.40. The first-order chi connectivity index (χ1) is 8.04. The van der Waals surface area contributed by atoms with Crippen molar-refractivity contribution in [3.05, 3.63) is 30.0 Å². The van der Waals surface area contributed by atoms with Crippen LogP contribution in [0.25, 0.3) is 10.9 Å². The van der Waals surface area contributed by atoms with Gasteiger partial charge in [-0.1, -0.05) is 32.9 Å². The number of fused-ring (bicyclic) bond motifs is 1. The zero-order valence-corrected chi connectivity index (χ0v) is 10.9. The summed E-state index contributed by atoms with van der Waals surface area (Å²) >= 11 is 0. The topological polar surface area (TPSA) is 17.8 Å². The van der Waals surface area contributed by atoms with E-state index in [4.69, 9.17) is 0 Å². The molecule has 2 aromatic rings. The van der Waals surface area contributed by atoms with Crippen LogP contribution in [0.1, 0.15) is 39.2 Å². The van der Waals surface area contributed by atoms with Crippen LogP contribution in [-0.4, -0.2) is 9.78 Å². The first-order valence-electron chi connectivity index (χ1n) is 6.51. The zero-order chi connectivity index (χ0) is 12.0. The Balaban J connectivity index is 2.07. The Morgan fingerprint density at radius 1 is 1.29 bits per heavy atom. The Hall–Kier alpha value is -1.31. The smallest absolute Gasteiger partial charge is 0.0926 e. The van der Waals surface area contributed by atoms with Crippen molar-refractivity contribution in [3.8, 4) is 0 Å². The molecular formula is C15H20N2. The molecule has 0 bridgehead atoms. The summed E-state index contributed by atoms with van der Waals surface area (Å²) < 4.78 is 2.14. The van der Waals surface area contributed by atoms with E-state index in [2.05, 4.69) is 54.9 Å². The number of nitrogens with zero attached hydrogens (tertiary/aromatic N) is 2. The molecule has 1 heterocycles. The Morgan fingerprint density at radius 3 is 2.71 bits per heavy atom. The van der Waals surface area contributed by atoms with Gasteiger partial charge in [-0.3, -0.25) is 4.68 Å². The summed E-state index contributed by atoms with van der Waals surface area (Å²) in [4.78, 5) is 0. The summed E-state index contributed by atoms with van der Waals surface area (Å²) in [7, 11) is 0. The van der Waals surface area contributed by atoms with Crippen LogP contribution in [0.15, 0.2) is 24.4 Å². The first-order valence-corrected chi connectivity index (χ1v) is 6.51. The predicted octanol–water partition coefficient (Wildman–Crippen LogP) is 3.74. The summed E-state index contributed by atoms with van der Waals surface area (Å²) in [6.07, 6.45) is 4.99. The van der Waals surface area contributed by atoms with Crippen LogP contribution < -0.4 is 0 Å². The predicted molar refractivity (Wildman–Crippen MR) is 71.2 cm³/mol. The summed E-state index contributed by atoms with van der Waals surface area (Å²) in [6, 6.07) is 6.47. The third-order valence-electron chi connectivity index (χ3n) is 3.55. The van der Waals surface area contributed by atoms with Gasteiger partial charge in [-0.2, -0.15) is 5.10 Å². The Morgan fingerprint density at radius 2 is 2.06 bits per heavy atom. The van der Waals surface area contributed by atoms with Crippen LogP contribution in [0.2, 0.25) is 0 Å². The van der Waals surface area contributed by atoms with E-state index in [9.17, 15) is 0 Å². The quantitative estimate of drug-likeness (QED) is 0.765. The number of hydrogen-bond acceptors (Lipinski definition) is 1. The lowest BCUT2D eigenvalue weighted by molar-refractivity contribution is 0.567. The minimum atomic E-state index is 0.187. The molecule has 0 radical (unpaired) electrons. The third-order valence-corrected chi connectivity index (χ3v) is 3.55. The van der Waals surface area contributed by atoms with Crippen molar-refractivity contribution in [2.75, 3.05) is 0 Å². The standard InChI is InChI=1S/C15H20N2/c1-15(2,3)13-5-4-6-14-12(13)10-17(16-14)9-11-7-8-11/h4-6,10-11H,7-9H2,1-3H3. The summed E-state index contributed by atoms with van der Waals surface area (Å²) in [5, 5.41) is 6.00. The highest BCUT2D eigenvalue weighted by Crippen LogP contribution is 2.32. The molecule has 17 heavy (non-hydrogen) atoms. The molecule has 1 aromatic carbocycles. The van der Waals surface area contributed by atoms with E-state index in [0.717, 1.165) is 18.0 Å². The van der Waals surface area contributed by atoms with E-state index in [1.165, 1.54) is 23.8 Å². The molecular weight excluding hydrogens is 208 g/mol. The van der Waals surface area contributed by atoms with Crippen LogP contribution in [-0.2, 0) is 12.0 Å². The molecule has 1 aromatic heterocycles. The van der Waals surface area contributed by atoms with Gasteiger partial charge in [-0.25, -0.2) is 0 Å². The normalized spacial score (nSPS) is 16.6. The van der Waals surface area contributed by atoms with Crippen molar-refractivity contribution in [2.45, 2.75) is 45.6 Å². The van der Waals surface area contributed by atoms with E-state index >= 15 is 0 Å². The molecule has 2 nitrogen and oxygen atoms in total. The molecule has 0 spiro atoms. The van der Waals surface area contributed by atoms with Crippen LogP contribution in [0.4, 0.5) is 0 Å². The highest BCUT2D eigenvalue weighted by Gasteiger charge is 2.23. The fraction of sp³-hybridized carbons (Fsp3) is 0.533. The van der Waals surface area contributed by atoms with Gasteiger partial charge in [0, 0.05) is 18.1 Å². The first kappa shape index (κ1) is 10.8. The minimum Gasteiger partial charge on any atom is -0.271 e. The molecule has 0 N–H and O–H groups in total. The minimum absolute atomic E-state index is 0.187. The number of hydrogen-bond donors (Lipinski definition) is 0. The maximum atomic E-state index is 4.68. The summed E-state index contributed by atoms with van der Waals surface area (Å²) in [5.74, 6) is 0.877. The molecule has 0 amide bonds. The fourth-order valence-corrected chi connectivity index (χ4v) is 2.40. The van der Waals surface area contributed by atoms with Crippen molar-refractivity contribution in [2.24, 2.45) is 5.92 Å². The van der Waals surface area contributed by atoms with E-state index in [0.29, 0.717) is 0 Å². The highest BCUT2D eigenvalue weighted by molar-refractivity contribution is 5.82. The molecule has 90 valence electrons. The van der Waals surface area contributed by atoms with Crippen LogP contribution >= 0.6 is 0 Å². The second-order valence-corrected chi connectivity index (χ2v) is 6.28. The largest absolute Gasteiger partial charge is 0.271 e. The number of aromatic nitrogens is 2. The van der Waals surface area contributed by atoms with E-state index in [1.807, 2.05) is 0 Å². The van der Waals surface area contributed by atoms with Gasteiger partial charge in [-0.05, 0) is 35.8 Å². The van der Waals surface area contributed by atoms with Crippen LogP contribution in [0.3, 0.4) is 0 Å². The SMILES string of the molecule is CC(C)(C)c1cccc2nn(CC3CC3)cc12. The average molecular weight is 228 g/mol. The maximum Gasteiger partial charge on any atom is 0.0926 e. The molecule has 0 atom stereocenters. The van der Waals surface area contributed by atoms with Crippen molar-refractivity contribution in [1.82, 2.24) is 9.78 Å². The monoisotopic (exact) mass is 228 g/mol. The van der Waals surface area contributed by atoms with E-state index in [-0.39, 0.29) is 5.41 Å². The lowest BCUT2D eigenvalue weighted by Crippen LogP contribution is -2.11. The molecule has 0 unspecified atom stereocenters. The average Bonchev–Trinajstić information content (AvgIpc) is 2.94. The van der Waals surface area contributed by atoms with Crippen LogP contribution in [0, 0.1) is 5.92 Å². The van der Waals surface area contributed by atoms with Gasteiger partial charge in [-0.15, -0.1) is 0 Å². The lowest BCUT2D eigenvalue weighted by atomic mass is 9.85. The van der Waals surface area contributed by atoms with Gasteiger partial charge in [0.25, 0.3) is 0 Å². The van der Waals surface area contributed by atoms with Crippen molar-refractivity contribution < 1.29 is 0 Å². The Kier molecular flexibility index (Phi) is 2.29. The molecule has 0 aliphatic heterocycles. The molecule has 1 aliphatic rings. The Labute approximate surface area is 103 Å². The van der Waals surface area contributed by atoms with Crippen molar-refractivity contribution in [3.63, 3.8) is 0 Å². The van der Waals surface area contributed by atoms with Gasteiger partial charge in [0.1, 0.15) is 0 Å². The molecule has 1 fully saturated rings. The number of benzene rings is 1. The van der Waals surface area contributed by atoms with Crippen molar-refractivity contribution >= 4 is 10.9 Å². The molecule has 1 saturated carbocycles. The third kappa shape index (κ3) is 2.08. The number of rotatable bonds is 2. The van der Waals surface area contributed by atoms with Crippen LogP contribution in [0.5, 0.6) is 0 Å². The van der Waals surface area contributed by atoms with Crippen molar-refractivity contribution in [1.29, 1.82) is 0 Å². The van der Waals surface area contributed by atoms with Gasteiger partial charge < -0.3 is 0 Å². The van der Waals surface area contributed by atoms with Gasteiger partial charge in [0.2, 0.25) is 0 Å². The van der Waals surface area contributed by atoms with Gasteiger partial charge in [0.05, 0.1) is 5.52 Å². The zero-order valence-electron chi connectivity index (χ0n) is 10.9. The van der Waals surface area contributed by atoms with E-state index < -0.39 is 0 Å². The molecule has 0 saturated heterocycles. The van der Waals surface area contributed by atoms with Gasteiger partial charge >= 0.3 is 0 Å². The summed E-state index contributed by atoms with van der Waals surface area (Å²) in [6.45, 7) is 7.89. The second kappa shape index (κ2) is 3.59. The summed E-state index contributed by atoms with van der Waals surface area (Å²) in [5.41, 5.74) is 2.72. The highest BCUT2D eigenvalue weighted by atomic mass is 15.3. The van der Waals surface area contributed by atoms with E-state index in [1.54, 1.807) is 0 Å². The Bertz CT molecular complexity index is 542. The van der Waals surface area contributed by atoms with Gasteiger partial charge in [0.15, 0.2) is 0 Å².